The lowest BCUT2D eigenvalue weighted by Crippen LogP contribution is -2.18. The number of carbonyl (C=O) groups excluding carboxylic acids is 1. The molecule has 3 nitrogen and oxygen atoms in total. The van der Waals surface area contributed by atoms with E-state index in [2.05, 4.69) is 22.9 Å². The quantitative estimate of drug-likeness (QED) is 0.254. The van der Waals surface area contributed by atoms with Gasteiger partial charge in [-0.15, -0.1) is 0 Å². The van der Waals surface area contributed by atoms with Crippen molar-refractivity contribution in [2.45, 2.75) is 77.4 Å². The number of aliphatic hydroxyl groups excluding tert-OH is 1. The van der Waals surface area contributed by atoms with Gasteiger partial charge in [-0.1, -0.05) is 74.2 Å². The van der Waals surface area contributed by atoms with Gasteiger partial charge in [0.1, 0.15) is 5.33 Å². The average molecular weight is 323 g/mol. The Bertz CT molecular complexity index is 197. The fourth-order valence-corrected chi connectivity index (χ4v) is 2.00. The first-order chi connectivity index (χ1) is 8.70. The molecule has 0 saturated heterocycles. The van der Waals surface area contributed by atoms with Crippen molar-refractivity contribution in [1.82, 2.24) is 0 Å². The Morgan fingerprint density at radius 3 is 2.06 bits per heavy atom. The molecule has 1 atom stereocenters. The van der Waals surface area contributed by atoms with Gasteiger partial charge in [0, 0.05) is 6.42 Å². The zero-order valence-electron chi connectivity index (χ0n) is 11.5. The zero-order chi connectivity index (χ0) is 13.6. The summed E-state index contributed by atoms with van der Waals surface area (Å²) in [5.74, 6) is -0.404. The Labute approximate surface area is 119 Å². The standard InChI is InChI=1S/C14H27BrO3/c1-2-3-4-5-6-7-8-9-10-11-13(16)18-14(17)12-15/h13,16H,2-12H2,1H3. The van der Waals surface area contributed by atoms with Crippen LogP contribution in [-0.4, -0.2) is 22.7 Å². The molecule has 0 aliphatic heterocycles. The lowest BCUT2D eigenvalue weighted by molar-refractivity contribution is -0.165. The van der Waals surface area contributed by atoms with Gasteiger partial charge in [-0.05, 0) is 6.42 Å². The maximum atomic E-state index is 10.9. The number of alkyl halides is 1. The molecule has 0 spiro atoms. The van der Waals surface area contributed by atoms with Crippen molar-refractivity contribution in [3.8, 4) is 0 Å². The first-order valence-corrected chi connectivity index (χ1v) is 8.26. The van der Waals surface area contributed by atoms with Crippen molar-refractivity contribution >= 4 is 21.9 Å². The van der Waals surface area contributed by atoms with Crippen LogP contribution < -0.4 is 0 Å². The molecule has 18 heavy (non-hydrogen) atoms. The minimum atomic E-state index is -0.931. The summed E-state index contributed by atoms with van der Waals surface area (Å²) >= 11 is 2.99. The predicted molar refractivity (Wildman–Crippen MR) is 77.7 cm³/mol. The highest BCUT2D eigenvalue weighted by atomic mass is 79.9. The largest absolute Gasteiger partial charge is 0.435 e. The van der Waals surface area contributed by atoms with E-state index in [-0.39, 0.29) is 5.33 Å². The van der Waals surface area contributed by atoms with Gasteiger partial charge < -0.3 is 9.84 Å². The molecule has 0 heterocycles. The molecule has 0 aliphatic carbocycles. The van der Waals surface area contributed by atoms with Crippen LogP contribution in [0.25, 0.3) is 0 Å². The fraction of sp³-hybridized carbons (Fsp3) is 0.929. The molecule has 0 aliphatic rings. The lowest BCUT2D eigenvalue weighted by Gasteiger charge is -2.10. The van der Waals surface area contributed by atoms with Crippen molar-refractivity contribution in [1.29, 1.82) is 0 Å². The van der Waals surface area contributed by atoms with Gasteiger partial charge in [0.25, 0.3) is 0 Å². The molecule has 1 unspecified atom stereocenters. The Balaban J connectivity index is 3.17. The summed E-state index contributed by atoms with van der Waals surface area (Å²) in [5.41, 5.74) is 0. The third-order valence-electron chi connectivity index (χ3n) is 2.93. The van der Waals surface area contributed by atoms with Crippen LogP contribution >= 0.6 is 15.9 Å². The summed E-state index contributed by atoms with van der Waals surface area (Å²) in [6.07, 6.45) is 10.8. The van der Waals surface area contributed by atoms with E-state index in [4.69, 9.17) is 4.74 Å². The SMILES string of the molecule is CCCCCCCCCCCC(O)OC(=O)CBr. The molecular formula is C14H27BrO3. The van der Waals surface area contributed by atoms with Gasteiger partial charge in [0.15, 0.2) is 0 Å². The fourth-order valence-electron chi connectivity index (χ4n) is 1.87. The van der Waals surface area contributed by atoms with Crippen molar-refractivity contribution in [2.75, 3.05) is 5.33 Å². The zero-order valence-corrected chi connectivity index (χ0v) is 13.1. The smallest absolute Gasteiger partial charge is 0.318 e. The number of hydrogen-bond donors (Lipinski definition) is 1. The van der Waals surface area contributed by atoms with Crippen molar-refractivity contribution in [3.63, 3.8) is 0 Å². The molecule has 0 aromatic carbocycles. The number of hydrogen-bond acceptors (Lipinski definition) is 3. The number of halogens is 1. The topological polar surface area (TPSA) is 46.5 Å². The predicted octanol–water partition coefficient (Wildman–Crippen LogP) is 4.16. The molecule has 0 radical (unpaired) electrons. The Kier molecular flexibility index (Phi) is 13.3. The molecule has 0 amide bonds. The van der Waals surface area contributed by atoms with Gasteiger partial charge in [0.05, 0.1) is 0 Å². The minimum absolute atomic E-state index is 0.141. The summed E-state index contributed by atoms with van der Waals surface area (Å²) in [6.45, 7) is 2.23. The van der Waals surface area contributed by atoms with Crippen LogP contribution in [0.3, 0.4) is 0 Å². The molecule has 0 aromatic heterocycles. The van der Waals surface area contributed by atoms with E-state index in [0.29, 0.717) is 6.42 Å². The second kappa shape index (κ2) is 13.3. The lowest BCUT2D eigenvalue weighted by atomic mass is 10.1. The minimum Gasteiger partial charge on any atom is -0.435 e. The summed E-state index contributed by atoms with van der Waals surface area (Å²) in [4.78, 5) is 10.9. The maximum absolute atomic E-state index is 10.9. The van der Waals surface area contributed by atoms with Gasteiger partial charge in [-0.3, -0.25) is 4.79 Å². The molecule has 1 N–H and O–H groups in total. The van der Waals surface area contributed by atoms with Crippen LogP contribution in [0.4, 0.5) is 0 Å². The normalized spacial score (nSPS) is 12.4. The molecule has 0 aromatic rings. The third-order valence-corrected chi connectivity index (χ3v) is 3.39. The van der Waals surface area contributed by atoms with Crippen molar-refractivity contribution < 1.29 is 14.6 Å². The van der Waals surface area contributed by atoms with Crippen LogP contribution in [0.15, 0.2) is 0 Å². The van der Waals surface area contributed by atoms with E-state index >= 15 is 0 Å². The highest BCUT2D eigenvalue weighted by Gasteiger charge is 2.08. The molecule has 0 saturated carbocycles. The molecule has 108 valence electrons. The van der Waals surface area contributed by atoms with Gasteiger partial charge in [-0.2, -0.15) is 0 Å². The Hall–Kier alpha value is -0.0900. The second-order valence-electron chi connectivity index (χ2n) is 4.70. The van der Waals surface area contributed by atoms with Crippen molar-refractivity contribution in [2.24, 2.45) is 0 Å². The van der Waals surface area contributed by atoms with Crippen LogP contribution in [0, 0.1) is 0 Å². The van der Waals surface area contributed by atoms with E-state index in [9.17, 15) is 9.90 Å². The van der Waals surface area contributed by atoms with Gasteiger partial charge >= 0.3 is 5.97 Å². The second-order valence-corrected chi connectivity index (χ2v) is 5.26. The summed E-state index contributed by atoms with van der Waals surface area (Å²) in [7, 11) is 0. The Morgan fingerprint density at radius 2 is 1.56 bits per heavy atom. The van der Waals surface area contributed by atoms with Crippen LogP contribution in [0.1, 0.15) is 71.1 Å². The summed E-state index contributed by atoms with van der Waals surface area (Å²) in [5, 5.41) is 9.53. The average Bonchev–Trinajstić information content (AvgIpc) is 2.36. The molecule has 0 fully saturated rings. The highest BCUT2D eigenvalue weighted by Crippen LogP contribution is 2.11. The van der Waals surface area contributed by atoms with Gasteiger partial charge in [-0.25, -0.2) is 0 Å². The molecule has 4 heteroatoms. The van der Waals surface area contributed by atoms with Crippen LogP contribution in [-0.2, 0) is 9.53 Å². The number of aliphatic hydroxyl groups is 1. The first kappa shape index (κ1) is 17.9. The number of esters is 1. The summed E-state index contributed by atoms with van der Waals surface area (Å²) < 4.78 is 4.74. The molecular weight excluding hydrogens is 296 g/mol. The van der Waals surface area contributed by atoms with Crippen molar-refractivity contribution in [3.05, 3.63) is 0 Å². The van der Waals surface area contributed by atoms with Gasteiger partial charge in [0.2, 0.25) is 6.29 Å². The summed E-state index contributed by atoms with van der Waals surface area (Å²) in [6, 6.07) is 0. The van der Waals surface area contributed by atoms with E-state index < -0.39 is 12.3 Å². The molecule has 0 rings (SSSR count). The van der Waals surface area contributed by atoms with E-state index in [1.807, 2.05) is 0 Å². The Morgan fingerprint density at radius 1 is 1.06 bits per heavy atom. The van der Waals surface area contributed by atoms with Crippen LogP contribution in [0.2, 0.25) is 0 Å². The number of ether oxygens (including phenoxy) is 1. The number of unbranched alkanes of at least 4 members (excludes halogenated alkanes) is 8. The molecule has 0 bridgehead atoms. The highest BCUT2D eigenvalue weighted by molar-refractivity contribution is 9.09. The number of carbonyl (C=O) groups is 1. The monoisotopic (exact) mass is 322 g/mol. The van der Waals surface area contributed by atoms with E-state index in [1.54, 1.807) is 0 Å². The first-order valence-electron chi connectivity index (χ1n) is 7.14. The maximum Gasteiger partial charge on any atom is 0.318 e. The van der Waals surface area contributed by atoms with E-state index in [0.717, 1.165) is 12.8 Å². The van der Waals surface area contributed by atoms with Crippen LogP contribution in [0.5, 0.6) is 0 Å². The third kappa shape index (κ3) is 12.4. The van der Waals surface area contributed by atoms with E-state index in [1.165, 1.54) is 44.9 Å². The number of rotatable bonds is 12.